The summed E-state index contributed by atoms with van der Waals surface area (Å²) in [6, 6.07) is 3.40. The molecule has 1 fully saturated rings. The summed E-state index contributed by atoms with van der Waals surface area (Å²) >= 11 is 0. The van der Waals surface area contributed by atoms with Crippen LogP contribution in [-0.4, -0.2) is 37.7 Å². The van der Waals surface area contributed by atoms with Gasteiger partial charge in [-0.15, -0.1) is 0 Å². The van der Waals surface area contributed by atoms with Gasteiger partial charge in [-0.3, -0.25) is 0 Å². The quantitative estimate of drug-likeness (QED) is 0.815. The Labute approximate surface area is 120 Å². The summed E-state index contributed by atoms with van der Waals surface area (Å²) in [5, 5.41) is 3.42. The topological polar surface area (TPSA) is 50.5 Å². The first-order chi connectivity index (χ1) is 9.60. The van der Waals surface area contributed by atoms with Gasteiger partial charge in [0.05, 0.1) is 18.0 Å². The van der Waals surface area contributed by atoms with Crippen LogP contribution in [-0.2, 0) is 0 Å². The Morgan fingerprint density at radius 2 is 2.10 bits per heavy atom. The van der Waals surface area contributed by atoms with E-state index < -0.39 is 5.82 Å². The molecule has 1 heterocycles. The largest absolute Gasteiger partial charge is 0.490 e. The van der Waals surface area contributed by atoms with E-state index >= 15 is 0 Å². The molecule has 0 unspecified atom stereocenters. The van der Waals surface area contributed by atoms with E-state index in [9.17, 15) is 4.39 Å². The minimum atomic E-state index is -0.398. The number of nitrogens with one attached hydrogen (secondary N) is 1. The third kappa shape index (κ3) is 3.76. The van der Waals surface area contributed by atoms with E-state index in [1.165, 1.54) is 6.07 Å². The Kier molecular flexibility index (Phi) is 5.06. The second-order valence-electron chi connectivity index (χ2n) is 5.44. The van der Waals surface area contributed by atoms with Gasteiger partial charge in [-0.1, -0.05) is 6.92 Å². The van der Waals surface area contributed by atoms with Crippen LogP contribution < -0.4 is 15.8 Å². The standard InChI is InChI=1S/C15H24FN3O/c1-3-8-20-15-10-14(13(17)9-12(15)16)18-11-4-6-19(2)7-5-11/h9-11,18H,3-8,17H2,1-2H3. The monoisotopic (exact) mass is 281 g/mol. The smallest absolute Gasteiger partial charge is 0.167 e. The molecule has 20 heavy (non-hydrogen) atoms. The highest BCUT2D eigenvalue weighted by atomic mass is 19.1. The van der Waals surface area contributed by atoms with Crippen LogP contribution in [0.5, 0.6) is 5.75 Å². The van der Waals surface area contributed by atoms with E-state index in [2.05, 4.69) is 17.3 Å². The van der Waals surface area contributed by atoms with Gasteiger partial charge in [0.25, 0.3) is 0 Å². The average molecular weight is 281 g/mol. The number of nitrogens with two attached hydrogens (primary N) is 1. The van der Waals surface area contributed by atoms with E-state index in [0.717, 1.165) is 38.0 Å². The van der Waals surface area contributed by atoms with Crippen molar-refractivity contribution in [2.45, 2.75) is 32.2 Å². The lowest BCUT2D eigenvalue weighted by molar-refractivity contribution is 0.264. The van der Waals surface area contributed by atoms with Gasteiger partial charge in [0, 0.05) is 18.2 Å². The van der Waals surface area contributed by atoms with Crippen molar-refractivity contribution in [3.05, 3.63) is 17.9 Å². The number of halogens is 1. The SMILES string of the molecule is CCCOc1cc(NC2CCN(C)CC2)c(N)cc1F. The molecular weight excluding hydrogens is 257 g/mol. The molecule has 1 aliphatic rings. The van der Waals surface area contributed by atoms with E-state index in [1.807, 2.05) is 6.92 Å². The lowest BCUT2D eigenvalue weighted by Crippen LogP contribution is -2.36. The normalized spacial score (nSPS) is 17.1. The van der Waals surface area contributed by atoms with Crippen molar-refractivity contribution in [2.75, 3.05) is 37.8 Å². The van der Waals surface area contributed by atoms with Crippen molar-refractivity contribution in [3.63, 3.8) is 0 Å². The molecule has 0 saturated carbocycles. The Morgan fingerprint density at radius 3 is 2.75 bits per heavy atom. The lowest BCUT2D eigenvalue weighted by Gasteiger charge is -2.30. The second-order valence-corrected chi connectivity index (χ2v) is 5.44. The molecule has 0 spiro atoms. The number of hydrogen-bond acceptors (Lipinski definition) is 4. The van der Waals surface area contributed by atoms with Gasteiger partial charge in [0.1, 0.15) is 0 Å². The van der Waals surface area contributed by atoms with Crippen LogP contribution in [0.1, 0.15) is 26.2 Å². The van der Waals surface area contributed by atoms with E-state index in [1.54, 1.807) is 6.07 Å². The van der Waals surface area contributed by atoms with Crippen LogP contribution in [0.25, 0.3) is 0 Å². The fraction of sp³-hybridized carbons (Fsp3) is 0.600. The van der Waals surface area contributed by atoms with E-state index in [-0.39, 0.29) is 5.75 Å². The molecule has 1 aliphatic heterocycles. The number of piperidine rings is 1. The highest BCUT2D eigenvalue weighted by Crippen LogP contribution is 2.30. The maximum absolute atomic E-state index is 13.7. The number of nitrogen functional groups attached to an aromatic ring is 1. The van der Waals surface area contributed by atoms with Crippen LogP contribution in [0.2, 0.25) is 0 Å². The maximum atomic E-state index is 13.7. The van der Waals surface area contributed by atoms with Crippen LogP contribution in [0.4, 0.5) is 15.8 Å². The molecule has 2 rings (SSSR count). The fourth-order valence-corrected chi connectivity index (χ4v) is 2.39. The van der Waals surface area contributed by atoms with Crippen LogP contribution in [0.15, 0.2) is 12.1 Å². The minimum absolute atomic E-state index is 0.275. The number of benzene rings is 1. The molecule has 0 amide bonds. The van der Waals surface area contributed by atoms with Crippen molar-refractivity contribution >= 4 is 11.4 Å². The zero-order chi connectivity index (χ0) is 14.5. The van der Waals surface area contributed by atoms with Gasteiger partial charge in [-0.2, -0.15) is 0 Å². The second kappa shape index (κ2) is 6.79. The van der Waals surface area contributed by atoms with E-state index in [4.69, 9.17) is 10.5 Å². The number of nitrogens with zero attached hydrogens (tertiary/aromatic N) is 1. The summed E-state index contributed by atoms with van der Waals surface area (Å²) in [4.78, 5) is 2.31. The Balaban J connectivity index is 2.06. The molecule has 1 aromatic carbocycles. The lowest BCUT2D eigenvalue weighted by atomic mass is 10.0. The molecule has 3 N–H and O–H groups in total. The number of hydrogen-bond donors (Lipinski definition) is 2. The number of likely N-dealkylation sites (tertiary alicyclic amines) is 1. The first-order valence-electron chi connectivity index (χ1n) is 7.27. The summed E-state index contributed by atoms with van der Waals surface area (Å²) in [7, 11) is 2.12. The molecule has 112 valence electrons. The number of ether oxygens (including phenoxy) is 1. The first-order valence-corrected chi connectivity index (χ1v) is 7.27. The van der Waals surface area contributed by atoms with Gasteiger partial charge in [0.15, 0.2) is 11.6 Å². The summed E-state index contributed by atoms with van der Waals surface area (Å²) < 4.78 is 19.2. The van der Waals surface area contributed by atoms with Crippen molar-refractivity contribution < 1.29 is 9.13 Å². The third-order valence-electron chi connectivity index (χ3n) is 3.64. The predicted molar refractivity (Wildman–Crippen MR) is 80.7 cm³/mol. The van der Waals surface area contributed by atoms with Crippen LogP contribution in [0.3, 0.4) is 0 Å². The Morgan fingerprint density at radius 1 is 1.40 bits per heavy atom. The molecule has 0 radical (unpaired) electrons. The van der Waals surface area contributed by atoms with Crippen molar-refractivity contribution in [1.29, 1.82) is 0 Å². The molecule has 1 aromatic rings. The van der Waals surface area contributed by atoms with Gasteiger partial charge in [0.2, 0.25) is 0 Å². The molecule has 0 aliphatic carbocycles. The highest BCUT2D eigenvalue weighted by Gasteiger charge is 2.18. The van der Waals surface area contributed by atoms with Crippen molar-refractivity contribution in [2.24, 2.45) is 0 Å². The maximum Gasteiger partial charge on any atom is 0.167 e. The molecule has 0 bridgehead atoms. The fourth-order valence-electron chi connectivity index (χ4n) is 2.39. The summed E-state index contributed by atoms with van der Waals surface area (Å²) in [6.07, 6.45) is 2.98. The molecule has 0 atom stereocenters. The number of rotatable bonds is 5. The highest BCUT2D eigenvalue weighted by molar-refractivity contribution is 5.69. The van der Waals surface area contributed by atoms with Gasteiger partial charge in [-0.05, 0) is 39.4 Å². The van der Waals surface area contributed by atoms with Crippen LogP contribution >= 0.6 is 0 Å². The van der Waals surface area contributed by atoms with Crippen molar-refractivity contribution in [1.82, 2.24) is 4.90 Å². The first kappa shape index (κ1) is 14.9. The number of anilines is 2. The molecule has 5 heteroatoms. The van der Waals surface area contributed by atoms with Crippen LogP contribution in [0, 0.1) is 5.82 Å². The van der Waals surface area contributed by atoms with Crippen molar-refractivity contribution in [3.8, 4) is 5.75 Å². The minimum Gasteiger partial charge on any atom is -0.490 e. The predicted octanol–water partition coefficient (Wildman–Crippen LogP) is 2.70. The summed E-state index contributed by atoms with van der Waals surface area (Å²) in [5.74, 6) is -0.124. The van der Waals surface area contributed by atoms with Gasteiger partial charge in [-0.25, -0.2) is 4.39 Å². The van der Waals surface area contributed by atoms with E-state index in [0.29, 0.717) is 18.3 Å². The summed E-state index contributed by atoms with van der Waals surface area (Å²) in [5.41, 5.74) is 7.10. The molecule has 1 saturated heterocycles. The zero-order valence-electron chi connectivity index (χ0n) is 12.3. The Bertz CT molecular complexity index is 445. The summed E-state index contributed by atoms with van der Waals surface area (Å²) in [6.45, 7) is 4.64. The van der Waals surface area contributed by atoms with Gasteiger partial charge < -0.3 is 20.7 Å². The third-order valence-corrected chi connectivity index (χ3v) is 3.64. The molecule has 4 nitrogen and oxygen atoms in total. The van der Waals surface area contributed by atoms with Gasteiger partial charge >= 0.3 is 0 Å². The zero-order valence-corrected chi connectivity index (χ0v) is 12.3. The molecular formula is C15H24FN3O. The molecule has 0 aromatic heterocycles. The Hall–Kier alpha value is -1.49. The average Bonchev–Trinajstić information content (AvgIpc) is 2.43.